The summed E-state index contributed by atoms with van der Waals surface area (Å²) in [5.74, 6) is -58.3. The van der Waals surface area contributed by atoms with Crippen LogP contribution in [0.3, 0.4) is 0 Å². The first kappa shape index (κ1) is 52.6. The smallest absolute Gasteiger partial charge is 0.355 e. The van der Waals surface area contributed by atoms with Crippen LogP contribution in [0.5, 0.6) is 0 Å². The molecule has 1 aliphatic heterocycles. The van der Waals surface area contributed by atoms with Gasteiger partial charge in [-0.3, -0.25) is 0 Å². The molecule has 34 heteroatoms. The second-order valence-corrected chi connectivity index (χ2v) is 15.2. The highest BCUT2D eigenvalue weighted by molar-refractivity contribution is 9.10. The largest absolute Gasteiger partial charge is 0.460 e. The van der Waals surface area contributed by atoms with Gasteiger partial charge in [-0.15, -0.1) is 0 Å². The lowest BCUT2D eigenvalue weighted by molar-refractivity contribution is -0.339. The highest BCUT2D eigenvalue weighted by atomic mass is 79.9. The average Bonchev–Trinajstić information content (AvgIpc) is 3.92. The quantitative estimate of drug-likeness (QED) is 0.127. The molecule has 0 saturated heterocycles. The standard InChI is InChI=1S/C32H10Br2F28N4/c33-7-5-13-15(21(35,36)25(43,44)29(51,52)53)9-1-2-10(63-9)16(22(37,38)26(45,46)30(54,55)56)14-6-8(34)20(66-14)18(24(41,42)28(49,50)32(60,61)62)12-4-3-11(64-12)17(19(7)65-13)23(39,40)27(47,48)31(57,58)59/h1-6,63-66H. The zero-order valence-electron chi connectivity index (χ0n) is 29.8. The minimum absolute atomic E-state index is 0.435. The van der Waals surface area contributed by atoms with Gasteiger partial charge in [0.2, 0.25) is 0 Å². The fraction of sp³-hybridized carbons (Fsp3) is 0.375. The summed E-state index contributed by atoms with van der Waals surface area (Å²) in [4.78, 5) is 4.05. The third-order valence-electron chi connectivity index (χ3n) is 9.28. The zero-order chi connectivity index (χ0) is 51.2. The highest BCUT2D eigenvalue weighted by Crippen LogP contribution is 2.56. The van der Waals surface area contributed by atoms with Gasteiger partial charge in [0.05, 0.1) is 66.5 Å². The van der Waals surface area contributed by atoms with Crippen LogP contribution in [-0.4, -0.2) is 92.0 Å². The maximum absolute atomic E-state index is 15.8. The molecule has 5 heterocycles. The average molecular weight is 1140 g/mol. The highest BCUT2D eigenvalue weighted by Gasteiger charge is 2.78. The van der Waals surface area contributed by atoms with Crippen molar-refractivity contribution in [3.63, 3.8) is 0 Å². The van der Waals surface area contributed by atoms with Gasteiger partial charge in [-0.25, -0.2) is 0 Å². The minimum Gasteiger partial charge on any atom is -0.355 e. The number of aromatic nitrogens is 4. The molecule has 0 amide bonds. The van der Waals surface area contributed by atoms with Gasteiger partial charge in [0.1, 0.15) is 0 Å². The number of hydrogen-bond acceptors (Lipinski definition) is 0. The van der Waals surface area contributed by atoms with Crippen LogP contribution in [0.1, 0.15) is 22.8 Å². The van der Waals surface area contributed by atoms with E-state index in [0.717, 1.165) is 19.9 Å². The van der Waals surface area contributed by atoms with E-state index >= 15 is 35.1 Å². The van der Waals surface area contributed by atoms with Gasteiger partial charge < -0.3 is 19.9 Å². The summed E-state index contributed by atoms with van der Waals surface area (Å²) in [7, 11) is 0. The molecule has 0 fully saturated rings. The van der Waals surface area contributed by atoms with Gasteiger partial charge >= 0.3 is 72.1 Å². The molecule has 0 unspecified atom stereocenters. The molecule has 0 aromatic carbocycles. The molecule has 5 rings (SSSR count). The predicted molar refractivity (Wildman–Crippen MR) is 171 cm³/mol. The predicted octanol–water partition coefficient (Wildman–Crippen LogP) is 11.0. The maximum Gasteiger partial charge on any atom is 0.460 e. The van der Waals surface area contributed by atoms with E-state index in [-0.39, 0.29) is 0 Å². The summed E-state index contributed by atoms with van der Waals surface area (Å²) in [6, 6.07) is -2.65. The van der Waals surface area contributed by atoms with Gasteiger partial charge in [-0.2, -0.15) is 123 Å². The Hall–Kier alpha value is -4.40. The molecular formula is C32H10Br2F28N4. The normalized spacial score (nSPS) is 16.2. The lowest BCUT2D eigenvalue weighted by Crippen LogP contribution is -2.54. The molecule has 0 saturated carbocycles. The second-order valence-electron chi connectivity index (χ2n) is 13.5. The van der Waals surface area contributed by atoms with Crippen LogP contribution in [0.15, 0.2) is 45.3 Å². The van der Waals surface area contributed by atoms with Gasteiger partial charge in [-0.1, -0.05) is 0 Å². The van der Waals surface area contributed by atoms with E-state index in [1.54, 1.807) is 0 Å². The van der Waals surface area contributed by atoms with Gasteiger partial charge in [0.15, 0.2) is 0 Å². The van der Waals surface area contributed by atoms with E-state index in [1.807, 2.05) is 0 Å². The lowest BCUT2D eigenvalue weighted by atomic mass is 9.98. The molecule has 4 aromatic rings. The molecule has 4 N–H and O–H groups in total. The first-order chi connectivity index (χ1) is 29.2. The monoisotopic (exact) mass is 1140 g/mol. The number of rotatable bonds is 8. The first-order valence-electron chi connectivity index (χ1n) is 16.1. The molecule has 4 aromatic heterocycles. The Morgan fingerprint density at radius 2 is 0.485 bits per heavy atom. The minimum atomic E-state index is -7.52. The Morgan fingerprint density at radius 1 is 0.288 bits per heavy atom. The topological polar surface area (TPSA) is 63.2 Å². The van der Waals surface area contributed by atoms with Crippen LogP contribution in [-0.2, 0) is 0 Å². The van der Waals surface area contributed by atoms with Crippen molar-refractivity contribution in [3.8, 4) is 0 Å². The van der Waals surface area contributed by atoms with Crippen LogP contribution in [0.2, 0.25) is 0 Å². The molecule has 4 nitrogen and oxygen atoms in total. The summed E-state index contributed by atoms with van der Waals surface area (Å²) in [6.45, 7) is 0. The summed E-state index contributed by atoms with van der Waals surface area (Å²) < 4.78 is 404. The van der Waals surface area contributed by atoms with E-state index in [2.05, 4.69) is 31.9 Å². The number of hydrogen-bond donors (Lipinski definition) is 4. The van der Waals surface area contributed by atoms with E-state index in [1.165, 1.54) is 0 Å². The molecule has 1 aliphatic rings. The Balaban J connectivity index is 2.24. The van der Waals surface area contributed by atoms with Crippen molar-refractivity contribution in [3.05, 3.63) is 89.5 Å². The van der Waals surface area contributed by atoms with Crippen LogP contribution in [0.4, 0.5) is 123 Å². The number of halogens is 30. The van der Waals surface area contributed by atoms with Crippen molar-refractivity contribution in [2.24, 2.45) is 0 Å². The summed E-state index contributed by atoms with van der Waals surface area (Å²) in [5.41, 5.74) is -21.8. The van der Waals surface area contributed by atoms with Crippen LogP contribution in [0, 0.1) is 0 Å². The third kappa shape index (κ3) is 7.46. The maximum atomic E-state index is 15.8. The zero-order valence-corrected chi connectivity index (χ0v) is 33.0. The number of fused-ring (bicyclic) bond motifs is 8. The van der Waals surface area contributed by atoms with Crippen molar-refractivity contribution < 1.29 is 123 Å². The Bertz CT molecular complexity index is 2620. The van der Waals surface area contributed by atoms with Crippen LogP contribution >= 0.6 is 31.9 Å². The van der Waals surface area contributed by atoms with Crippen molar-refractivity contribution in [1.82, 2.24) is 19.9 Å². The van der Waals surface area contributed by atoms with E-state index in [0.29, 0.717) is 0 Å². The molecule has 0 atom stereocenters. The molecule has 368 valence electrons. The Morgan fingerprint density at radius 3 is 0.697 bits per heavy atom. The van der Waals surface area contributed by atoms with Crippen LogP contribution < -0.4 is 21.4 Å². The molecule has 8 bridgehead atoms. The van der Waals surface area contributed by atoms with Gasteiger partial charge in [0.25, 0.3) is 0 Å². The van der Waals surface area contributed by atoms with Gasteiger partial charge in [0, 0.05) is 8.95 Å². The Labute approximate surface area is 358 Å². The number of alkyl halides is 28. The molecule has 0 radical (unpaired) electrons. The van der Waals surface area contributed by atoms with Crippen molar-refractivity contribution in [2.45, 2.75) is 72.1 Å². The summed E-state index contributed by atoms with van der Waals surface area (Å²) >= 11 is 4.23. The van der Waals surface area contributed by atoms with Crippen molar-refractivity contribution in [2.75, 3.05) is 0 Å². The second kappa shape index (κ2) is 15.0. The van der Waals surface area contributed by atoms with Crippen LogP contribution in [0.25, 0.3) is 22.3 Å². The van der Waals surface area contributed by atoms with Gasteiger partial charge in [-0.05, 0) is 68.3 Å². The number of H-pyrrole nitrogens is 4. The summed E-state index contributed by atoms with van der Waals surface area (Å²) in [6.07, 6.45) is -29.9. The first-order valence-corrected chi connectivity index (χ1v) is 17.7. The SMILES string of the molecule is FC(F)(F)C(F)(F)C(F)(F)C1=c2cc(Br)c([nH]2)=C(C(F)(F)C(F)(F)C(F)(F)F)c2ccc([nH]2)C(C(F)(F)C(F)(F)C(F)(F)F)=c2[nH]c(cc2Br)=C(C(F)(F)C(F)(F)C(F)(F)F)c2ccc1[nH]2. The van der Waals surface area contributed by atoms with Crippen molar-refractivity contribution in [1.29, 1.82) is 0 Å². The van der Waals surface area contributed by atoms with E-state index in [4.69, 9.17) is 0 Å². The van der Waals surface area contributed by atoms with E-state index in [9.17, 15) is 87.8 Å². The number of aromatic amines is 4. The molecule has 66 heavy (non-hydrogen) atoms. The molecular weight excluding hydrogens is 1130 g/mol. The van der Waals surface area contributed by atoms with Crippen molar-refractivity contribution >= 4 is 54.2 Å². The number of nitrogens with one attached hydrogen (secondary N) is 4. The molecule has 0 spiro atoms. The fourth-order valence-corrected chi connectivity index (χ4v) is 7.15. The Kier molecular flexibility index (Phi) is 12.0. The summed E-state index contributed by atoms with van der Waals surface area (Å²) in [5, 5.41) is -9.33. The lowest BCUT2D eigenvalue weighted by Gasteiger charge is -2.30. The fourth-order valence-electron chi connectivity index (χ4n) is 6.09. The molecule has 0 aliphatic carbocycles. The van der Waals surface area contributed by atoms with E-state index < -0.39 is 184 Å². The third-order valence-corrected chi connectivity index (χ3v) is 10.5.